The van der Waals surface area contributed by atoms with Gasteiger partial charge in [-0.3, -0.25) is 14.2 Å². The predicted molar refractivity (Wildman–Crippen MR) is 415 cm³/mol. The number of quaternary nitrogens is 1. The first-order chi connectivity index (χ1) is 47.0. The Morgan fingerprint density at radius 1 is 0.323 bits per heavy atom. The van der Waals surface area contributed by atoms with Crippen LogP contribution in [0.2, 0.25) is 0 Å². The fraction of sp³-hybridized carbons (Fsp3) is 0.581. The van der Waals surface area contributed by atoms with Crippen LogP contribution < -0.4 is 4.89 Å². The number of likely N-dealkylation sites (N-methyl/N-ethyl adjacent to an activating group) is 1. The zero-order valence-electron chi connectivity index (χ0n) is 61.5. The predicted octanol–water partition coefficient (Wildman–Crippen LogP) is 24.7. The summed E-state index contributed by atoms with van der Waals surface area (Å²) in [6.45, 7) is 3.97. The highest BCUT2D eigenvalue weighted by Crippen LogP contribution is 2.38. The number of allylic oxidation sites excluding steroid dienone is 34. The monoisotopic (exact) mass is 1340 g/mol. The molecule has 0 aromatic carbocycles. The first-order valence-electron chi connectivity index (χ1n) is 37.8. The number of nitrogens with zero attached hydrogens (tertiary/aromatic N) is 1. The van der Waals surface area contributed by atoms with Gasteiger partial charge in [0.25, 0.3) is 7.82 Å². The molecule has 0 aromatic heterocycles. The summed E-state index contributed by atoms with van der Waals surface area (Å²) in [7, 11) is 1.12. The van der Waals surface area contributed by atoms with Crippen molar-refractivity contribution in [2.75, 3.05) is 47.5 Å². The minimum Gasteiger partial charge on any atom is -0.756 e. The largest absolute Gasteiger partial charge is 0.756 e. The lowest BCUT2D eigenvalue weighted by molar-refractivity contribution is -0.870. The van der Waals surface area contributed by atoms with E-state index in [1.807, 2.05) is 21.1 Å². The number of rotatable bonds is 67. The molecule has 0 saturated heterocycles. The Kier molecular flexibility index (Phi) is 69.7. The fourth-order valence-corrected chi connectivity index (χ4v) is 10.3. The van der Waals surface area contributed by atoms with Gasteiger partial charge in [0.2, 0.25) is 0 Å². The van der Waals surface area contributed by atoms with Crippen LogP contribution in [0.1, 0.15) is 271 Å². The van der Waals surface area contributed by atoms with Crippen LogP contribution >= 0.6 is 7.82 Å². The molecule has 0 heterocycles. The SMILES string of the molecule is CC/C=C\C/C=C\C/C=C\C/C=C\C/C=C\C/C=C\C/C=C\C/C=C\C/C=C\C/C=C\CCCCCCC(=O)OC(COC(=O)CCCCCCCCCCCCCCCCC/C=C\C/C=C\C/C=C\C/C=C\C/C=C\C/C=C\C/C=C\CC)COP(=O)([O-])OCC[N+](C)(C)C. The van der Waals surface area contributed by atoms with Gasteiger partial charge >= 0.3 is 11.9 Å². The Morgan fingerprint density at radius 3 is 0.833 bits per heavy atom. The van der Waals surface area contributed by atoms with Gasteiger partial charge in [-0.1, -0.05) is 317 Å². The third-order valence-corrected chi connectivity index (χ3v) is 16.3. The molecule has 0 spiro atoms. The van der Waals surface area contributed by atoms with Gasteiger partial charge in [-0.15, -0.1) is 0 Å². The summed E-state index contributed by atoms with van der Waals surface area (Å²) in [4.78, 5) is 38.1. The van der Waals surface area contributed by atoms with Gasteiger partial charge in [0.1, 0.15) is 19.8 Å². The Labute approximate surface area is 589 Å². The molecule has 0 bridgehead atoms. The smallest absolute Gasteiger partial charge is 0.306 e. The van der Waals surface area contributed by atoms with Crippen molar-refractivity contribution >= 4 is 19.8 Å². The number of unbranched alkanes of at least 4 members (excludes halogenated alkanes) is 19. The van der Waals surface area contributed by atoms with Gasteiger partial charge < -0.3 is 27.9 Å². The van der Waals surface area contributed by atoms with Crippen LogP contribution in [-0.2, 0) is 32.7 Å². The molecule has 0 aliphatic carbocycles. The zero-order valence-corrected chi connectivity index (χ0v) is 62.4. The van der Waals surface area contributed by atoms with Crippen molar-refractivity contribution < 1.29 is 42.1 Å². The summed E-state index contributed by atoms with van der Waals surface area (Å²) in [5, 5.41) is 0. The zero-order chi connectivity index (χ0) is 69.7. The summed E-state index contributed by atoms with van der Waals surface area (Å²) in [5.41, 5.74) is 0. The number of hydrogen-bond acceptors (Lipinski definition) is 8. The Bertz CT molecular complexity index is 2380. The number of esters is 2. The first kappa shape index (κ1) is 90.6. The average molecular weight is 1350 g/mol. The summed E-state index contributed by atoms with van der Waals surface area (Å²) >= 11 is 0. The highest BCUT2D eigenvalue weighted by atomic mass is 31.2. The minimum absolute atomic E-state index is 0.0464. The van der Waals surface area contributed by atoms with E-state index in [2.05, 4.69) is 220 Å². The third kappa shape index (κ3) is 77.6. The van der Waals surface area contributed by atoms with Crippen molar-refractivity contribution in [3.63, 3.8) is 0 Å². The van der Waals surface area contributed by atoms with Crippen LogP contribution in [0.3, 0.4) is 0 Å². The molecule has 9 nitrogen and oxygen atoms in total. The lowest BCUT2D eigenvalue weighted by atomic mass is 10.0. The van der Waals surface area contributed by atoms with Gasteiger partial charge in [0.15, 0.2) is 6.10 Å². The second kappa shape index (κ2) is 73.8. The standard InChI is InChI=1S/C86H138NO8P/c1-6-8-10-12-14-16-18-20-22-24-26-28-30-32-34-36-38-40-42-43-45-46-48-50-52-54-56-58-60-62-64-66-68-70-72-74-76-78-85(88)92-82-84(83-94-96(90,91)93-81-80-87(3,4)5)95-86(89)79-77-75-73-71-69-67-65-63-61-59-57-55-53-51-49-47-44-41-39-37-35-33-31-29-27-25-23-21-19-17-15-13-11-9-7-2/h8-11,14-17,20-23,26-29,32-35,38-41,43,45,47,49,53,55,59,61,65,67,84H,6-7,12-13,18-19,24-25,30-31,36-37,42,44,46,48,50-52,54,56-58,60,62-64,66,68-83H2,1-5H3/b10-8-,11-9-,16-14-,17-15-,22-20-,23-21-,28-26-,29-27-,34-32-,35-33-,40-38-,41-39-,45-43-,49-47-,55-53-,61-59-,67-65-. The number of carbonyl (C=O) groups is 2. The van der Waals surface area contributed by atoms with Crippen molar-refractivity contribution in [3.05, 3.63) is 207 Å². The maximum absolute atomic E-state index is 12.9. The molecule has 0 radical (unpaired) electrons. The van der Waals surface area contributed by atoms with Crippen molar-refractivity contribution in [3.8, 4) is 0 Å². The molecule has 0 amide bonds. The average Bonchev–Trinajstić information content (AvgIpc) is 2.74. The van der Waals surface area contributed by atoms with Crippen molar-refractivity contribution in [1.82, 2.24) is 0 Å². The molecule has 540 valence electrons. The van der Waals surface area contributed by atoms with E-state index < -0.39 is 32.5 Å². The molecule has 0 rings (SSSR count). The van der Waals surface area contributed by atoms with Crippen molar-refractivity contribution in [2.45, 2.75) is 277 Å². The van der Waals surface area contributed by atoms with Gasteiger partial charge in [0.05, 0.1) is 27.7 Å². The number of phosphoric acid groups is 1. The van der Waals surface area contributed by atoms with Crippen molar-refractivity contribution in [2.24, 2.45) is 0 Å². The topological polar surface area (TPSA) is 111 Å². The number of phosphoric ester groups is 1. The Hall–Kier alpha value is -5.41. The number of ether oxygens (including phenoxy) is 2. The van der Waals surface area contributed by atoms with E-state index in [1.165, 1.54) is 77.0 Å². The molecule has 0 aromatic rings. The highest BCUT2D eigenvalue weighted by molar-refractivity contribution is 7.45. The first-order valence-corrected chi connectivity index (χ1v) is 39.3. The van der Waals surface area contributed by atoms with Crippen LogP contribution in [0.15, 0.2) is 207 Å². The molecule has 0 saturated carbocycles. The molecule has 0 aliphatic rings. The van der Waals surface area contributed by atoms with Crippen molar-refractivity contribution in [1.29, 1.82) is 0 Å². The quantitative estimate of drug-likeness (QED) is 0.0195. The van der Waals surface area contributed by atoms with Crippen LogP contribution in [0.25, 0.3) is 0 Å². The number of carbonyl (C=O) groups excluding carboxylic acids is 2. The molecule has 2 atom stereocenters. The van der Waals surface area contributed by atoms with Crippen LogP contribution in [-0.4, -0.2) is 70.0 Å². The molecule has 0 N–H and O–H groups in total. The lowest BCUT2D eigenvalue weighted by Gasteiger charge is -2.28. The molecule has 0 fully saturated rings. The maximum Gasteiger partial charge on any atom is 0.306 e. The summed E-state index contributed by atoms with van der Waals surface area (Å²) in [6, 6.07) is 0. The fourth-order valence-electron chi connectivity index (χ4n) is 9.61. The van der Waals surface area contributed by atoms with Gasteiger partial charge in [-0.2, -0.15) is 0 Å². The van der Waals surface area contributed by atoms with Crippen LogP contribution in [0, 0.1) is 0 Å². The minimum atomic E-state index is -4.67. The van der Waals surface area contributed by atoms with E-state index in [1.54, 1.807) is 0 Å². The third-order valence-electron chi connectivity index (χ3n) is 15.3. The van der Waals surface area contributed by atoms with Gasteiger partial charge in [0, 0.05) is 12.8 Å². The molecule has 2 unspecified atom stereocenters. The van der Waals surface area contributed by atoms with E-state index in [4.69, 9.17) is 18.5 Å². The van der Waals surface area contributed by atoms with E-state index in [0.717, 1.165) is 161 Å². The molecular weight excluding hydrogens is 1210 g/mol. The highest BCUT2D eigenvalue weighted by Gasteiger charge is 2.22. The van der Waals surface area contributed by atoms with Gasteiger partial charge in [-0.05, 0) is 148 Å². The van der Waals surface area contributed by atoms with E-state index in [0.29, 0.717) is 17.4 Å². The second-order valence-electron chi connectivity index (χ2n) is 25.5. The van der Waals surface area contributed by atoms with E-state index in [9.17, 15) is 19.0 Å². The lowest BCUT2D eigenvalue weighted by Crippen LogP contribution is -2.37. The van der Waals surface area contributed by atoms with Crippen LogP contribution in [0.5, 0.6) is 0 Å². The normalized spacial score (nSPS) is 14.3. The van der Waals surface area contributed by atoms with Gasteiger partial charge in [-0.25, -0.2) is 0 Å². The number of hydrogen-bond donors (Lipinski definition) is 0. The summed E-state index contributed by atoms with van der Waals surface area (Å²) in [5.74, 6) is -0.873. The maximum atomic E-state index is 12.9. The summed E-state index contributed by atoms with van der Waals surface area (Å²) < 4.78 is 34.3. The summed E-state index contributed by atoms with van der Waals surface area (Å²) in [6.07, 6.45) is 116. The van der Waals surface area contributed by atoms with Crippen LogP contribution in [0.4, 0.5) is 0 Å². The molecule has 10 heteroatoms. The molecule has 96 heavy (non-hydrogen) atoms. The van der Waals surface area contributed by atoms with E-state index in [-0.39, 0.29) is 26.1 Å². The molecular formula is C86H138NO8P. The molecule has 0 aliphatic heterocycles. The second-order valence-corrected chi connectivity index (χ2v) is 27.0. The Morgan fingerprint density at radius 2 is 0.562 bits per heavy atom. The Balaban J connectivity index is 4.13. The van der Waals surface area contributed by atoms with E-state index >= 15 is 0 Å².